The number of ether oxygens (including phenoxy) is 1. The molecule has 0 aromatic rings. The van der Waals surface area contributed by atoms with E-state index < -0.39 is 0 Å². The summed E-state index contributed by atoms with van der Waals surface area (Å²) in [6.07, 6.45) is 0.778. The van der Waals surface area contributed by atoms with Gasteiger partial charge in [-0.25, -0.2) is 0 Å². The lowest BCUT2D eigenvalue weighted by Crippen LogP contribution is -2.48. The largest absolute Gasteiger partial charge is 0.381 e. The van der Waals surface area contributed by atoms with Crippen molar-refractivity contribution in [1.29, 1.82) is 0 Å². The van der Waals surface area contributed by atoms with Crippen LogP contribution in [0.5, 0.6) is 0 Å². The average molecular weight is 170 g/mol. The van der Waals surface area contributed by atoms with E-state index in [0.29, 0.717) is 19.1 Å². The molecule has 2 aliphatic rings. The van der Waals surface area contributed by atoms with E-state index >= 15 is 0 Å². The van der Waals surface area contributed by atoms with E-state index in [4.69, 9.17) is 10.5 Å². The summed E-state index contributed by atoms with van der Waals surface area (Å²) >= 11 is 0. The number of carbonyl (C=O) groups is 1. The highest BCUT2D eigenvalue weighted by molar-refractivity contribution is 5.82. The molecular formula is C8H14N2O2. The first-order valence-corrected chi connectivity index (χ1v) is 4.34. The van der Waals surface area contributed by atoms with Crippen LogP contribution in [0.4, 0.5) is 0 Å². The van der Waals surface area contributed by atoms with Gasteiger partial charge >= 0.3 is 0 Å². The van der Waals surface area contributed by atoms with Gasteiger partial charge < -0.3 is 15.8 Å². The van der Waals surface area contributed by atoms with Gasteiger partial charge in [-0.1, -0.05) is 0 Å². The molecule has 2 aliphatic heterocycles. The minimum atomic E-state index is -0.307. The molecule has 2 heterocycles. The minimum absolute atomic E-state index is 0.166. The van der Waals surface area contributed by atoms with Crippen LogP contribution in [0.15, 0.2) is 0 Å². The molecule has 0 aromatic heterocycles. The fraction of sp³-hybridized carbons (Fsp3) is 0.875. The molecule has 2 rings (SSSR count). The van der Waals surface area contributed by atoms with Crippen molar-refractivity contribution in [3.8, 4) is 0 Å². The molecule has 0 aromatic carbocycles. The van der Waals surface area contributed by atoms with Gasteiger partial charge in [-0.05, 0) is 6.42 Å². The lowest BCUT2D eigenvalue weighted by atomic mass is 9.74. The second-order valence-corrected chi connectivity index (χ2v) is 3.67. The number of primary amides is 1. The topological polar surface area (TPSA) is 64.4 Å². The van der Waals surface area contributed by atoms with Crippen LogP contribution in [0, 0.1) is 11.3 Å². The van der Waals surface area contributed by atoms with Crippen molar-refractivity contribution in [1.82, 2.24) is 5.32 Å². The molecule has 4 heteroatoms. The van der Waals surface area contributed by atoms with Crippen LogP contribution in [-0.2, 0) is 9.53 Å². The second kappa shape index (κ2) is 2.71. The lowest BCUT2D eigenvalue weighted by molar-refractivity contribution is -0.135. The Morgan fingerprint density at radius 2 is 2.50 bits per heavy atom. The number of hydrogen-bond acceptors (Lipinski definition) is 3. The Balaban J connectivity index is 2.23. The normalized spacial score (nSPS) is 40.8. The molecule has 2 saturated heterocycles. The molecule has 0 radical (unpaired) electrons. The average Bonchev–Trinajstić information content (AvgIpc) is 2.48. The fourth-order valence-corrected chi connectivity index (χ4v) is 2.21. The summed E-state index contributed by atoms with van der Waals surface area (Å²) in [7, 11) is 0. The Labute approximate surface area is 71.4 Å². The number of amides is 1. The van der Waals surface area contributed by atoms with Crippen molar-refractivity contribution < 1.29 is 9.53 Å². The second-order valence-electron chi connectivity index (χ2n) is 3.67. The van der Waals surface area contributed by atoms with E-state index in [1.807, 2.05) is 0 Å². The summed E-state index contributed by atoms with van der Waals surface area (Å²) in [5.41, 5.74) is 5.10. The van der Waals surface area contributed by atoms with Crippen LogP contribution in [0.2, 0.25) is 0 Å². The standard InChI is InChI=1S/C8H14N2O2/c9-7(11)8-1-2-12-4-6(8)3-10-5-8/h6,10H,1-5H2,(H2,9,11)/t6-,8+/m0/s1. The van der Waals surface area contributed by atoms with Gasteiger partial charge in [0.2, 0.25) is 5.91 Å². The molecule has 12 heavy (non-hydrogen) atoms. The molecule has 2 atom stereocenters. The predicted octanol–water partition coefficient (Wildman–Crippen LogP) is -0.902. The highest BCUT2D eigenvalue weighted by Crippen LogP contribution is 2.37. The number of rotatable bonds is 1. The van der Waals surface area contributed by atoms with Crippen molar-refractivity contribution in [3.63, 3.8) is 0 Å². The number of carbonyl (C=O) groups excluding carboxylic acids is 1. The molecule has 68 valence electrons. The first kappa shape index (κ1) is 8.01. The van der Waals surface area contributed by atoms with E-state index in [-0.39, 0.29) is 11.3 Å². The molecular weight excluding hydrogens is 156 g/mol. The zero-order valence-corrected chi connectivity index (χ0v) is 7.01. The first-order chi connectivity index (χ1) is 5.76. The van der Waals surface area contributed by atoms with Gasteiger partial charge in [0.15, 0.2) is 0 Å². The summed E-state index contributed by atoms with van der Waals surface area (Å²) in [6, 6.07) is 0. The van der Waals surface area contributed by atoms with Gasteiger partial charge in [0.25, 0.3) is 0 Å². The van der Waals surface area contributed by atoms with Gasteiger partial charge in [0.1, 0.15) is 0 Å². The summed E-state index contributed by atoms with van der Waals surface area (Å²) < 4.78 is 5.31. The third kappa shape index (κ3) is 0.949. The molecule has 4 nitrogen and oxygen atoms in total. The Kier molecular flexibility index (Phi) is 1.81. The molecule has 0 saturated carbocycles. The van der Waals surface area contributed by atoms with E-state index in [0.717, 1.165) is 19.5 Å². The van der Waals surface area contributed by atoms with E-state index in [9.17, 15) is 4.79 Å². The van der Waals surface area contributed by atoms with Gasteiger partial charge in [-0.15, -0.1) is 0 Å². The maximum absolute atomic E-state index is 11.3. The molecule has 0 bridgehead atoms. The van der Waals surface area contributed by atoms with Crippen molar-refractivity contribution in [2.75, 3.05) is 26.3 Å². The zero-order valence-electron chi connectivity index (χ0n) is 7.01. The Hall–Kier alpha value is -0.610. The maximum Gasteiger partial charge on any atom is 0.225 e. The third-order valence-electron chi connectivity index (χ3n) is 3.11. The Morgan fingerprint density at radius 3 is 3.17 bits per heavy atom. The van der Waals surface area contributed by atoms with Crippen LogP contribution in [-0.4, -0.2) is 32.2 Å². The summed E-state index contributed by atoms with van der Waals surface area (Å²) in [6.45, 7) is 2.94. The van der Waals surface area contributed by atoms with Crippen molar-refractivity contribution in [3.05, 3.63) is 0 Å². The van der Waals surface area contributed by atoms with E-state index in [1.165, 1.54) is 0 Å². The van der Waals surface area contributed by atoms with Crippen molar-refractivity contribution >= 4 is 5.91 Å². The lowest BCUT2D eigenvalue weighted by Gasteiger charge is -2.35. The van der Waals surface area contributed by atoms with E-state index in [1.54, 1.807) is 0 Å². The molecule has 3 N–H and O–H groups in total. The van der Waals surface area contributed by atoms with Crippen LogP contribution >= 0.6 is 0 Å². The van der Waals surface area contributed by atoms with E-state index in [2.05, 4.69) is 5.32 Å². The smallest absolute Gasteiger partial charge is 0.225 e. The Morgan fingerprint density at radius 1 is 1.67 bits per heavy atom. The number of hydrogen-bond donors (Lipinski definition) is 2. The Bertz CT molecular complexity index is 207. The first-order valence-electron chi connectivity index (χ1n) is 4.34. The van der Waals surface area contributed by atoms with Gasteiger partial charge in [-0.3, -0.25) is 4.79 Å². The molecule has 1 amide bonds. The molecule has 0 unspecified atom stereocenters. The van der Waals surface area contributed by atoms with Crippen LogP contribution < -0.4 is 11.1 Å². The van der Waals surface area contributed by atoms with Crippen LogP contribution in [0.25, 0.3) is 0 Å². The van der Waals surface area contributed by atoms with Gasteiger partial charge in [0, 0.05) is 25.6 Å². The number of nitrogens with one attached hydrogen (secondary N) is 1. The van der Waals surface area contributed by atoms with Crippen LogP contribution in [0.1, 0.15) is 6.42 Å². The minimum Gasteiger partial charge on any atom is -0.381 e. The molecule has 0 aliphatic carbocycles. The monoisotopic (exact) mass is 170 g/mol. The fourth-order valence-electron chi connectivity index (χ4n) is 2.21. The quantitative estimate of drug-likeness (QED) is 0.536. The SMILES string of the molecule is NC(=O)[C@@]12CCOC[C@@H]1CNC2. The highest BCUT2D eigenvalue weighted by Gasteiger charge is 2.49. The highest BCUT2D eigenvalue weighted by atomic mass is 16.5. The molecule has 2 fully saturated rings. The maximum atomic E-state index is 11.3. The summed E-state index contributed by atoms with van der Waals surface area (Å²) in [5.74, 6) is 0.129. The van der Waals surface area contributed by atoms with Crippen LogP contribution in [0.3, 0.4) is 0 Å². The number of fused-ring (bicyclic) bond motifs is 1. The summed E-state index contributed by atoms with van der Waals surface area (Å²) in [5, 5.41) is 3.21. The van der Waals surface area contributed by atoms with Gasteiger partial charge in [-0.2, -0.15) is 0 Å². The predicted molar refractivity (Wildman–Crippen MR) is 43.4 cm³/mol. The number of nitrogens with two attached hydrogens (primary N) is 1. The zero-order chi connectivity index (χ0) is 8.60. The third-order valence-corrected chi connectivity index (χ3v) is 3.11. The van der Waals surface area contributed by atoms with Crippen molar-refractivity contribution in [2.24, 2.45) is 17.1 Å². The summed E-state index contributed by atoms with van der Waals surface area (Å²) in [4.78, 5) is 11.3. The van der Waals surface area contributed by atoms with Gasteiger partial charge in [0.05, 0.1) is 12.0 Å². The van der Waals surface area contributed by atoms with Crippen molar-refractivity contribution in [2.45, 2.75) is 6.42 Å². The molecule has 0 spiro atoms.